The molecule has 0 radical (unpaired) electrons. The van der Waals surface area contributed by atoms with E-state index in [4.69, 9.17) is 16.3 Å². The number of nitrogens with one attached hydrogen (secondary N) is 1. The summed E-state index contributed by atoms with van der Waals surface area (Å²) in [6, 6.07) is 11.8. The molecule has 0 bridgehead atoms. The number of rotatable bonds is 6. The number of benzene rings is 2. The highest BCUT2D eigenvalue weighted by Crippen LogP contribution is 2.26. The molecule has 0 aliphatic carbocycles. The van der Waals surface area contributed by atoms with Crippen LogP contribution in [0.15, 0.2) is 54.0 Å². The van der Waals surface area contributed by atoms with Crippen molar-refractivity contribution in [3.05, 3.63) is 70.6 Å². The molecule has 4 aromatic rings. The van der Waals surface area contributed by atoms with E-state index in [9.17, 15) is 9.18 Å². The van der Waals surface area contributed by atoms with Gasteiger partial charge in [-0.05, 0) is 48.9 Å². The number of fused-ring (bicyclic) bond motifs is 1. The number of amides is 1. The molecule has 0 aliphatic rings. The van der Waals surface area contributed by atoms with Crippen molar-refractivity contribution in [2.75, 3.05) is 12.4 Å². The zero-order valence-electron chi connectivity index (χ0n) is 15.5. The van der Waals surface area contributed by atoms with E-state index in [1.165, 1.54) is 29.5 Å². The van der Waals surface area contributed by atoms with Crippen molar-refractivity contribution >= 4 is 39.5 Å². The van der Waals surface area contributed by atoms with Crippen molar-refractivity contribution < 1.29 is 13.9 Å². The van der Waals surface area contributed by atoms with Crippen LogP contribution in [0.3, 0.4) is 0 Å². The first kappa shape index (κ1) is 19.4. The molecular weight excluding hydrogens is 413 g/mol. The van der Waals surface area contributed by atoms with Gasteiger partial charge in [-0.1, -0.05) is 11.6 Å². The van der Waals surface area contributed by atoms with Crippen LogP contribution in [0, 0.1) is 5.82 Å². The van der Waals surface area contributed by atoms with Gasteiger partial charge in [0.05, 0.1) is 17.8 Å². The van der Waals surface area contributed by atoms with Crippen LogP contribution in [-0.2, 0) is 11.2 Å². The van der Waals surface area contributed by atoms with Gasteiger partial charge in [-0.2, -0.15) is 0 Å². The summed E-state index contributed by atoms with van der Waals surface area (Å²) in [7, 11) is 1.63. The normalized spacial score (nSPS) is 11.0. The Bertz CT molecular complexity index is 1170. The molecule has 2 aromatic heterocycles. The monoisotopic (exact) mass is 429 g/mol. The fourth-order valence-electron chi connectivity index (χ4n) is 2.95. The van der Waals surface area contributed by atoms with Gasteiger partial charge in [0, 0.05) is 34.9 Å². The number of anilines is 1. The minimum absolute atomic E-state index is 0.0215. The minimum Gasteiger partial charge on any atom is -0.497 e. The van der Waals surface area contributed by atoms with Gasteiger partial charge in [0.25, 0.3) is 0 Å². The number of hydrogen-bond acceptors (Lipinski definition) is 4. The fourth-order valence-corrected chi connectivity index (χ4v) is 4.04. The molecule has 0 atom stereocenters. The van der Waals surface area contributed by atoms with E-state index in [1.54, 1.807) is 7.11 Å². The van der Waals surface area contributed by atoms with E-state index in [-0.39, 0.29) is 17.4 Å². The van der Waals surface area contributed by atoms with Gasteiger partial charge in [-0.15, -0.1) is 11.3 Å². The van der Waals surface area contributed by atoms with Crippen LogP contribution in [0.5, 0.6) is 5.75 Å². The number of halogens is 2. The first-order chi connectivity index (χ1) is 14.0. The number of hydrogen-bond donors (Lipinski definition) is 1. The lowest BCUT2D eigenvalue weighted by molar-refractivity contribution is -0.116. The smallest absolute Gasteiger partial charge is 0.224 e. The maximum atomic E-state index is 13.2. The van der Waals surface area contributed by atoms with E-state index in [0.717, 1.165) is 27.7 Å². The molecule has 0 unspecified atom stereocenters. The number of aryl methyl sites for hydroxylation is 1. The molecule has 2 aromatic carbocycles. The number of carbonyl (C=O) groups is 1. The second-order valence-electron chi connectivity index (χ2n) is 6.41. The molecule has 4 rings (SSSR count). The SMILES string of the molecule is COc1ccc(-c2cn3c(CCC(=O)Nc4ccc(F)c(Cl)c4)csc3n2)cc1. The summed E-state index contributed by atoms with van der Waals surface area (Å²) >= 11 is 7.28. The third-order valence-electron chi connectivity index (χ3n) is 4.48. The summed E-state index contributed by atoms with van der Waals surface area (Å²) in [5.41, 5.74) is 3.34. The highest BCUT2D eigenvalue weighted by atomic mass is 35.5. The Labute approximate surface area is 175 Å². The van der Waals surface area contributed by atoms with Crippen molar-refractivity contribution in [1.29, 1.82) is 0 Å². The van der Waals surface area contributed by atoms with Gasteiger partial charge in [-0.25, -0.2) is 9.37 Å². The van der Waals surface area contributed by atoms with Crippen LogP contribution >= 0.6 is 22.9 Å². The standard InChI is InChI=1S/C21H17ClFN3O2S/c1-28-16-6-2-13(3-7-16)19-11-26-15(12-29-21(26)25-19)5-9-20(27)24-14-4-8-18(23)17(22)10-14/h2-4,6-8,10-12H,5,9H2,1H3,(H,24,27). The van der Waals surface area contributed by atoms with Crippen molar-refractivity contribution in [3.8, 4) is 17.0 Å². The summed E-state index contributed by atoms with van der Waals surface area (Å²) in [4.78, 5) is 17.8. The first-order valence-corrected chi connectivity index (χ1v) is 10.1. The molecule has 0 aliphatic heterocycles. The molecule has 0 saturated carbocycles. The summed E-state index contributed by atoms with van der Waals surface area (Å²) in [5.74, 6) is 0.115. The number of ether oxygens (including phenoxy) is 1. The van der Waals surface area contributed by atoms with E-state index >= 15 is 0 Å². The molecule has 5 nitrogen and oxygen atoms in total. The maximum Gasteiger partial charge on any atom is 0.224 e. The summed E-state index contributed by atoms with van der Waals surface area (Å²) < 4.78 is 20.4. The molecular formula is C21H17ClFN3O2S. The van der Waals surface area contributed by atoms with Crippen LogP contribution in [0.25, 0.3) is 16.2 Å². The Morgan fingerprint density at radius 3 is 2.79 bits per heavy atom. The first-order valence-electron chi connectivity index (χ1n) is 8.88. The highest BCUT2D eigenvalue weighted by molar-refractivity contribution is 7.15. The molecule has 1 amide bonds. The zero-order valence-corrected chi connectivity index (χ0v) is 17.1. The predicted molar refractivity (Wildman–Crippen MR) is 113 cm³/mol. The van der Waals surface area contributed by atoms with E-state index in [0.29, 0.717) is 12.1 Å². The third-order valence-corrected chi connectivity index (χ3v) is 5.66. The number of methoxy groups -OCH3 is 1. The molecule has 1 N–H and O–H groups in total. The summed E-state index contributed by atoms with van der Waals surface area (Å²) in [6.07, 6.45) is 2.82. The Kier molecular flexibility index (Phi) is 5.51. The van der Waals surface area contributed by atoms with Gasteiger partial charge in [0.15, 0.2) is 4.96 Å². The predicted octanol–water partition coefficient (Wildman–Crippen LogP) is 5.44. The summed E-state index contributed by atoms with van der Waals surface area (Å²) in [6.45, 7) is 0. The Morgan fingerprint density at radius 2 is 2.07 bits per heavy atom. The Hall–Kier alpha value is -2.90. The molecule has 148 valence electrons. The largest absolute Gasteiger partial charge is 0.497 e. The van der Waals surface area contributed by atoms with Gasteiger partial charge < -0.3 is 10.1 Å². The number of imidazole rings is 1. The summed E-state index contributed by atoms with van der Waals surface area (Å²) in [5, 5.41) is 4.72. The van der Waals surface area contributed by atoms with Gasteiger partial charge in [0.1, 0.15) is 11.6 Å². The van der Waals surface area contributed by atoms with Crippen LogP contribution in [0.4, 0.5) is 10.1 Å². The average Bonchev–Trinajstić information content (AvgIpc) is 3.30. The van der Waals surface area contributed by atoms with E-state index in [2.05, 4.69) is 10.3 Å². The molecule has 0 spiro atoms. The maximum absolute atomic E-state index is 13.2. The van der Waals surface area contributed by atoms with Crippen LogP contribution in [0.2, 0.25) is 5.02 Å². The van der Waals surface area contributed by atoms with Crippen molar-refractivity contribution in [3.63, 3.8) is 0 Å². The lowest BCUT2D eigenvalue weighted by Crippen LogP contribution is -2.12. The highest BCUT2D eigenvalue weighted by Gasteiger charge is 2.12. The van der Waals surface area contributed by atoms with Crippen molar-refractivity contribution in [1.82, 2.24) is 9.38 Å². The number of nitrogens with zero attached hydrogens (tertiary/aromatic N) is 2. The molecule has 29 heavy (non-hydrogen) atoms. The molecule has 8 heteroatoms. The number of aromatic nitrogens is 2. The zero-order chi connectivity index (χ0) is 20.4. The number of carbonyl (C=O) groups excluding carboxylic acids is 1. The van der Waals surface area contributed by atoms with Crippen molar-refractivity contribution in [2.45, 2.75) is 12.8 Å². The molecule has 0 saturated heterocycles. The van der Waals surface area contributed by atoms with Crippen LogP contribution in [-0.4, -0.2) is 22.4 Å². The number of thiazole rings is 1. The van der Waals surface area contributed by atoms with Crippen LogP contribution in [0.1, 0.15) is 12.1 Å². The fraction of sp³-hybridized carbons (Fsp3) is 0.143. The topological polar surface area (TPSA) is 55.6 Å². The Balaban J connectivity index is 1.44. The van der Waals surface area contributed by atoms with Crippen molar-refractivity contribution in [2.24, 2.45) is 0 Å². The second kappa shape index (κ2) is 8.23. The van der Waals surface area contributed by atoms with Gasteiger partial charge in [0.2, 0.25) is 5.91 Å². The third kappa shape index (κ3) is 4.26. The van der Waals surface area contributed by atoms with E-state index < -0.39 is 5.82 Å². The Morgan fingerprint density at radius 1 is 1.28 bits per heavy atom. The second-order valence-corrected chi connectivity index (χ2v) is 7.66. The molecule has 2 heterocycles. The van der Waals surface area contributed by atoms with Crippen LogP contribution < -0.4 is 10.1 Å². The molecule has 0 fully saturated rings. The van der Waals surface area contributed by atoms with Gasteiger partial charge >= 0.3 is 0 Å². The lowest BCUT2D eigenvalue weighted by atomic mass is 10.1. The van der Waals surface area contributed by atoms with Gasteiger partial charge in [-0.3, -0.25) is 9.20 Å². The minimum atomic E-state index is -0.516. The average molecular weight is 430 g/mol. The lowest BCUT2D eigenvalue weighted by Gasteiger charge is -2.06. The van der Waals surface area contributed by atoms with E-state index in [1.807, 2.05) is 40.2 Å². The quantitative estimate of drug-likeness (QED) is 0.444.